The van der Waals surface area contributed by atoms with Crippen molar-refractivity contribution < 1.29 is 9.18 Å². The lowest BCUT2D eigenvalue weighted by atomic mass is 9.97. The lowest BCUT2D eigenvalue weighted by Crippen LogP contribution is -2.35. The van der Waals surface area contributed by atoms with E-state index in [1.54, 1.807) is 0 Å². The van der Waals surface area contributed by atoms with Gasteiger partial charge >= 0.3 is 0 Å². The molecule has 0 radical (unpaired) electrons. The Kier molecular flexibility index (Phi) is 4.48. The van der Waals surface area contributed by atoms with Crippen molar-refractivity contribution in [2.24, 2.45) is 0 Å². The summed E-state index contributed by atoms with van der Waals surface area (Å²) < 4.78 is 13.0. The zero-order chi connectivity index (χ0) is 18.1. The van der Waals surface area contributed by atoms with Crippen molar-refractivity contribution in [1.29, 1.82) is 0 Å². The molecule has 26 heavy (non-hydrogen) atoms. The number of hydrogen-bond acceptors (Lipinski definition) is 1. The molecule has 0 bridgehead atoms. The van der Waals surface area contributed by atoms with E-state index in [1.807, 2.05) is 30.3 Å². The Bertz CT molecular complexity index is 968. The Morgan fingerprint density at radius 1 is 0.923 bits per heavy atom. The van der Waals surface area contributed by atoms with Gasteiger partial charge in [-0.2, -0.15) is 0 Å². The molecule has 2 nitrogen and oxygen atoms in total. The van der Waals surface area contributed by atoms with Crippen LogP contribution < -0.4 is 5.32 Å². The first-order valence-electron chi connectivity index (χ1n) is 8.54. The molecular weight excluding hydrogens is 349 g/mol. The average Bonchev–Trinajstić information content (AvgIpc) is 3.05. The van der Waals surface area contributed by atoms with Gasteiger partial charge in [0.2, 0.25) is 0 Å². The van der Waals surface area contributed by atoms with Crippen LogP contribution in [-0.4, -0.2) is 11.9 Å². The summed E-state index contributed by atoms with van der Waals surface area (Å²) >= 11 is 6.37. The molecule has 0 aromatic heterocycles. The smallest absolute Gasteiger partial charge is 0.251 e. The zero-order valence-corrected chi connectivity index (χ0v) is 14.8. The zero-order valence-electron chi connectivity index (χ0n) is 14.0. The second-order valence-corrected chi connectivity index (χ2v) is 6.92. The molecule has 3 aromatic rings. The van der Waals surface area contributed by atoms with E-state index < -0.39 is 0 Å². The van der Waals surface area contributed by atoms with E-state index in [9.17, 15) is 9.18 Å². The summed E-state index contributed by atoms with van der Waals surface area (Å²) in [5.41, 5.74) is 5.05. The number of hydrogen-bond donors (Lipinski definition) is 1. The maximum atomic E-state index is 13.0. The van der Waals surface area contributed by atoms with E-state index in [0.29, 0.717) is 5.56 Å². The highest BCUT2D eigenvalue weighted by molar-refractivity contribution is 6.33. The van der Waals surface area contributed by atoms with E-state index in [1.165, 1.54) is 35.4 Å². The van der Waals surface area contributed by atoms with Crippen molar-refractivity contribution in [3.63, 3.8) is 0 Å². The van der Waals surface area contributed by atoms with Gasteiger partial charge in [0.25, 0.3) is 5.91 Å². The van der Waals surface area contributed by atoms with Gasteiger partial charge in [0.05, 0.1) is 0 Å². The van der Waals surface area contributed by atoms with Gasteiger partial charge in [-0.25, -0.2) is 4.39 Å². The molecule has 0 saturated heterocycles. The Hall–Kier alpha value is -2.65. The highest BCUT2D eigenvalue weighted by atomic mass is 35.5. The van der Waals surface area contributed by atoms with Gasteiger partial charge in [-0.15, -0.1) is 0 Å². The van der Waals surface area contributed by atoms with Gasteiger partial charge in [-0.05, 0) is 59.9 Å². The number of benzene rings is 3. The molecule has 1 atom stereocenters. The number of halogens is 2. The molecule has 0 saturated carbocycles. The largest absolute Gasteiger partial charge is 0.349 e. The predicted molar refractivity (Wildman–Crippen MR) is 102 cm³/mol. The summed E-state index contributed by atoms with van der Waals surface area (Å²) in [7, 11) is 0. The third kappa shape index (κ3) is 3.23. The monoisotopic (exact) mass is 365 g/mol. The number of carbonyl (C=O) groups is 1. The minimum Gasteiger partial charge on any atom is -0.349 e. The Labute approximate surface area is 156 Å². The Morgan fingerprint density at radius 2 is 1.65 bits per heavy atom. The number of carbonyl (C=O) groups excluding carboxylic acids is 1. The van der Waals surface area contributed by atoms with E-state index in [2.05, 4.69) is 17.4 Å². The van der Waals surface area contributed by atoms with Crippen LogP contribution in [0.15, 0.2) is 66.7 Å². The fourth-order valence-corrected chi connectivity index (χ4v) is 3.79. The molecule has 1 amide bonds. The molecule has 1 aliphatic carbocycles. The minimum atomic E-state index is -0.348. The van der Waals surface area contributed by atoms with Crippen molar-refractivity contribution in [2.75, 3.05) is 0 Å². The normalized spacial score (nSPS) is 15.5. The first kappa shape index (κ1) is 16.8. The molecule has 1 aliphatic rings. The molecule has 4 heteroatoms. The summed E-state index contributed by atoms with van der Waals surface area (Å²) in [6, 6.07) is 19.6. The number of amides is 1. The summed E-state index contributed by atoms with van der Waals surface area (Å²) in [4.78, 5) is 12.4. The van der Waals surface area contributed by atoms with Gasteiger partial charge in [0.15, 0.2) is 0 Å². The van der Waals surface area contributed by atoms with Crippen molar-refractivity contribution in [1.82, 2.24) is 5.32 Å². The molecule has 1 unspecified atom stereocenters. The highest BCUT2D eigenvalue weighted by Gasteiger charge is 2.26. The van der Waals surface area contributed by atoms with Gasteiger partial charge in [0, 0.05) is 22.2 Å². The van der Waals surface area contributed by atoms with Crippen LogP contribution in [0, 0.1) is 5.82 Å². The van der Waals surface area contributed by atoms with Gasteiger partial charge in [-0.1, -0.05) is 48.0 Å². The van der Waals surface area contributed by atoms with E-state index >= 15 is 0 Å². The highest BCUT2D eigenvalue weighted by Crippen LogP contribution is 2.35. The lowest BCUT2D eigenvalue weighted by Gasteiger charge is -2.13. The van der Waals surface area contributed by atoms with Crippen LogP contribution in [0.3, 0.4) is 0 Å². The first-order valence-corrected chi connectivity index (χ1v) is 8.92. The van der Waals surface area contributed by atoms with Crippen LogP contribution in [0.25, 0.3) is 11.1 Å². The Balaban J connectivity index is 1.56. The summed E-state index contributed by atoms with van der Waals surface area (Å²) in [6.45, 7) is 0. The summed E-state index contributed by atoms with van der Waals surface area (Å²) in [6.07, 6.45) is 1.53. The van der Waals surface area contributed by atoms with Crippen LogP contribution >= 0.6 is 11.6 Å². The second-order valence-electron chi connectivity index (χ2n) is 6.51. The fourth-order valence-electron chi connectivity index (χ4n) is 3.56. The average molecular weight is 366 g/mol. The molecule has 130 valence electrons. The molecule has 0 heterocycles. The van der Waals surface area contributed by atoms with Crippen LogP contribution in [0.5, 0.6) is 0 Å². The summed E-state index contributed by atoms with van der Waals surface area (Å²) in [5, 5.41) is 3.78. The van der Waals surface area contributed by atoms with Gasteiger partial charge in [0.1, 0.15) is 5.82 Å². The van der Waals surface area contributed by atoms with Crippen molar-refractivity contribution in [3.8, 4) is 11.1 Å². The number of nitrogens with one attached hydrogen (secondary N) is 1. The van der Waals surface area contributed by atoms with Crippen LogP contribution in [0.4, 0.5) is 4.39 Å². The predicted octanol–water partition coefficient (Wildman–Crippen LogP) is 5.04. The third-order valence-electron chi connectivity index (χ3n) is 4.80. The van der Waals surface area contributed by atoms with Crippen molar-refractivity contribution >= 4 is 17.5 Å². The molecule has 0 spiro atoms. The molecular formula is C22H17ClFNO. The molecule has 1 N–H and O–H groups in total. The van der Waals surface area contributed by atoms with Crippen molar-refractivity contribution in [2.45, 2.75) is 18.9 Å². The molecule has 3 aromatic carbocycles. The number of rotatable bonds is 3. The topological polar surface area (TPSA) is 29.1 Å². The van der Waals surface area contributed by atoms with Crippen LogP contribution in [0.2, 0.25) is 5.02 Å². The maximum Gasteiger partial charge on any atom is 0.251 e. The van der Waals surface area contributed by atoms with Gasteiger partial charge < -0.3 is 5.32 Å². The molecule has 0 fully saturated rings. The first-order chi connectivity index (χ1) is 12.6. The third-order valence-corrected chi connectivity index (χ3v) is 5.13. The Morgan fingerprint density at radius 3 is 2.42 bits per heavy atom. The second kappa shape index (κ2) is 6.93. The minimum absolute atomic E-state index is 0.0196. The molecule has 0 aliphatic heterocycles. The van der Waals surface area contributed by atoms with Crippen LogP contribution in [0.1, 0.15) is 21.5 Å². The lowest BCUT2D eigenvalue weighted by molar-refractivity contribution is 0.0938. The number of fused-ring (bicyclic) bond motifs is 1. The van der Waals surface area contributed by atoms with Crippen LogP contribution in [-0.2, 0) is 12.8 Å². The SMILES string of the molecule is O=C(NC1Cc2cccc(-c3ccccc3Cl)c2C1)c1ccc(F)cc1. The van der Waals surface area contributed by atoms with E-state index in [-0.39, 0.29) is 17.8 Å². The summed E-state index contributed by atoms with van der Waals surface area (Å²) in [5.74, 6) is -0.527. The van der Waals surface area contributed by atoms with Crippen molar-refractivity contribution in [3.05, 3.63) is 94.3 Å². The molecule has 4 rings (SSSR count). The fraction of sp³-hybridized carbons (Fsp3) is 0.136. The quantitative estimate of drug-likeness (QED) is 0.692. The van der Waals surface area contributed by atoms with Gasteiger partial charge in [-0.3, -0.25) is 4.79 Å². The van der Waals surface area contributed by atoms with E-state index in [0.717, 1.165) is 29.0 Å². The standard InChI is InChI=1S/C22H17ClFNO/c23-21-7-2-1-5-19(21)18-6-3-4-15-12-17(13-20(15)18)25-22(26)14-8-10-16(24)11-9-14/h1-11,17H,12-13H2,(H,25,26). The maximum absolute atomic E-state index is 13.0. The van der Waals surface area contributed by atoms with E-state index in [4.69, 9.17) is 11.6 Å².